The number of amidine groups is 1. The second-order valence-electron chi connectivity index (χ2n) is 3.75. The van der Waals surface area contributed by atoms with Crippen molar-refractivity contribution in [1.29, 1.82) is 5.41 Å². The molecule has 15 heavy (non-hydrogen) atoms. The number of benzene rings is 1. The van der Waals surface area contributed by atoms with E-state index in [2.05, 4.69) is 10.6 Å². The predicted octanol–water partition coefficient (Wildman–Crippen LogP) is 1.63. The van der Waals surface area contributed by atoms with Gasteiger partial charge in [-0.05, 0) is 30.5 Å². The molecule has 1 aromatic carbocycles. The molecule has 0 radical (unpaired) electrons. The number of carbonyl (C=O) groups excluding carboxylic acids is 1. The van der Waals surface area contributed by atoms with Crippen LogP contribution in [0.3, 0.4) is 0 Å². The van der Waals surface area contributed by atoms with Gasteiger partial charge in [0.05, 0.1) is 0 Å². The standard InChI is InChI=1S/C11H13N3O/c1-6-4-3-5-7(2)8(6)9-10(12)14-11(15)13-9/h3-5,9H,1-2H3,(H3,12,13,14,15). The first-order chi connectivity index (χ1) is 7.09. The fraction of sp³-hybridized carbons (Fsp3) is 0.273. The quantitative estimate of drug-likeness (QED) is 0.638. The Hall–Kier alpha value is -1.84. The lowest BCUT2D eigenvalue weighted by Gasteiger charge is -2.15. The number of urea groups is 1. The first-order valence-corrected chi connectivity index (χ1v) is 4.81. The van der Waals surface area contributed by atoms with Crippen molar-refractivity contribution < 1.29 is 4.79 Å². The summed E-state index contributed by atoms with van der Waals surface area (Å²) in [5.74, 6) is 0.220. The minimum absolute atomic E-state index is 0.220. The zero-order valence-corrected chi connectivity index (χ0v) is 8.72. The van der Waals surface area contributed by atoms with Gasteiger partial charge in [-0.1, -0.05) is 18.2 Å². The molecule has 0 saturated carbocycles. The molecule has 1 atom stereocenters. The van der Waals surface area contributed by atoms with E-state index < -0.39 is 0 Å². The van der Waals surface area contributed by atoms with Crippen LogP contribution in [0.15, 0.2) is 18.2 Å². The van der Waals surface area contributed by atoms with Crippen molar-refractivity contribution in [2.75, 3.05) is 0 Å². The number of hydrogen-bond acceptors (Lipinski definition) is 2. The number of nitrogens with one attached hydrogen (secondary N) is 3. The van der Waals surface area contributed by atoms with Crippen molar-refractivity contribution in [2.24, 2.45) is 0 Å². The minimum Gasteiger partial charge on any atom is -0.324 e. The molecular formula is C11H13N3O. The van der Waals surface area contributed by atoms with Crippen LogP contribution in [0.25, 0.3) is 0 Å². The first kappa shape index (κ1) is 9.71. The number of rotatable bonds is 1. The highest BCUT2D eigenvalue weighted by Crippen LogP contribution is 2.23. The molecule has 2 amide bonds. The Balaban J connectivity index is 2.46. The molecule has 1 aromatic rings. The van der Waals surface area contributed by atoms with Crippen LogP contribution in [-0.2, 0) is 0 Å². The molecule has 1 unspecified atom stereocenters. The molecule has 1 saturated heterocycles. The molecule has 78 valence electrons. The second-order valence-corrected chi connectivity index (χ2v) is 3.75. The smallest absolute Gasteiger partial charge is 0.321 e. The van der Waals surface area contributed by atoms with Crippen molar-refractivity contribution in [1.82, 2.24) is 10.6 Å². The average Bonchev–Trinajstić information content (AvgIpc) is 2.45. The fourth-order valence-electron chi connectivity index (χ4n) is 1.93. The van der Waals surface area contributed by atoms with Gasteiger partial charge in [0, 0.05) is 0 Å². The van der Waals surface area contributed by atoms with Gasteiger partial charge >= 0.3 is 6.03 Å². The van der Waals surface area contributed by atoms with Crippen LogP contribution < -0.4 is 10.6 Å². The first-order valence-electron chi connectivity index (χ1n) is 4.81. The lowest BCUT2D eigenvalue weighted by atomic mass is 9.96. The summed E-state index contributed by atoms with van der Waals surface area (Å²) in [6.07, 6.45) is 0. The number of hydrogen-bond donors (Lipinski definition) is 3. The fourth-order valence-corrected chi connectivity index (χ4v) is 1.93. The van der Waals surface area contributed by atoms with Gasteiger partial charge in [0.25, 0.3) is 0 Å². The van der Waals surface area contributed by atoms with Gasteiger partial charge in [0.15, 0.2) is 0 Å². The Morgan fingerprint density at radius 3 is 2.33 bits per heavy atom. The zero-order valence-electron chi connectivity index (χ0n) is 8.72. The summed E-state index contributed by atoms with van der Waals surface area (Å²) >= 11 is 0. The van der Waals surface area contributed by atoms with Gasteiger partial charge in [-0.3, -0.25) is 10.7 Å². The molecule has 4 heteroatoms. The van der Waals surface area contributed by atoms with Crippen LogP contribution in [-0.4, -0.2) is 11.9 Å². The van der Waals surface area contributed by atoms with E-state index in [-0.39, 0.29) is 17.9 Å². The molecule has 1 aliphatic rings. The van der Waals surface area contributed by atoms with Crippen LogP contribution in [0.1, 0.15) is 22.7 Å². The average molecular weight is 203 g/mol. The minimum atomic E-state index is -0.321. The molecule has 4 nitrogen and oxygen atoms in total. The van der Waals surface area contributed by atoms with Crippen molar-refractivity contribution in [3.8, 4) is 0 Å². The molecule has 1 fully saturated rings. The van der Waals surface area contributed by atoms with Crippen molar-refractivity contribution >= 4 is 11.9 Å². The number of amides is 2. The topological polar surface area (TPSA) is 65.0 Å². The highest BCUT2D eigenvalue weighted by Gasteiger charge is 2.29. The third kappa shape index (κ3) is 1.58. The Morgan fingerprint density at radius 2 is 1.87 bits per heavy atom. The third-order valence-corrected chi connectivity index (χ3v) is 2.64. The lowest BCUT2D eigenvalue weighted by Crippen LogP contribution is -2.22. The van der Waals surface area contributed by atoms with Crippen molar-refractivity contribution in [3.63, 3.8) is 0 Å². The van der Waals surface area contributed by atoms with Crippen molar-refractivity contribution in [3.05, 3.63) is 34.9 Å². The third-order valence-electron chi connectivity index (χ3n) is 2.64. The van der Waals surface area contributed by atoms with Gasteiger partial charge < -0.3 is 5.32 Å². The Morgan fingerprint density at radius 1 is 1.27 bits per heavy atom. The monoisotopic (exact) mass is 203 g/mol. The molecule has 1 aliphatic heterocycles. The highest BCUT2D eigenvalue weighted by atomic mass is 16.2. The summed E-state index contributed by atoms with van der Waals surface area (Å²) in [6.45, 7) is 3.97. The normalized spacial score (nSPS) is 20.0. The van der Waals surface area contributed by atoms with E-state index in [9.17, 15) is 4.79 Å². The van der Waals surface area contributed by atoms with Crippen LogP contribution in [0.5, 0.6) is 0 Å². The lowest BCUT2D eigenvalue weighted by molar-refractivity contribution is 0.248. The van der Waals surface area contributed by atoms with Gasteiger partial charge in [-0.25, -0.2) is 4.79 Å². The maximum absolute atomic E-state index is 11.1. The van der Waals surface area contributed by atoms with Crippen LogP contribution in [0.4, 0.5) is 4.79 Å². The van der Waals surface area contributed by atoms with Gasteiger partial charge in [-0.15, -0.1) is 0 Å². The van der Waals surface area contributed by atoms with Gasteiger partial charge in [-0.2, -0.15) is 0 Å². The molecule has 0 aliphatic carbocycles. The summed E-state index contributed by atoms with van der Waals surface area (Å²) in [6, 6.07) is 5.33. The second kappa shape index (κ2) is 3.38. The largest absolute Gasteiger partial charge is 0.324 e. The van der Waals surface area contributed by atoms with Gasteiger partial charge in [0.2, 0.25) is 0 Å². The van der Waals surface area contributed by atoms with E-state index in [4.69, 9.17) is 5.41 Å². The zero-order chi connectivity index (χ0) is 11.0. The van der Waals surface area contributed by atoms with E-state index in [1.54, 1.807) is 0 Å². The van der Waals surface area contributed by atoms with Gasteiger partial charge in [0.1, 0.15) is 11.9 Å². The SMILES string of the molecule is Cc1cccc(C)c1C1NC(=O)NC1=N. The number of aryl methyl sites for hydroxylation is 2. The summed E-state index contributed by atoms with van der Waals surface area (Å²) in [5.41, 5.74) is 3.20. The Bertz CT molecular complexity index is 419. The van der Waals surface area contributed by atoms with E-state index >= 15 is 0 Å². The molecule has 0 spiro atoms. The molecule has 1 heterocycles. The molecule has 3 N–H and O–H groups in total. The Kier molecular flexibility index (Phi) is 2.19. The molecule has 2 rings (SSSR count). The summed E-state index contributed by atoms with van der Waals surface area (Å²) in [7, 11) is 0. The summed E-state index contributed by atoms with van der Waals surface area (Å²) in [5, 5.41) is 12.9. The van der Waals surface area contributed by atoms with Crippen LogP contribution >= 0.6 is 0 Å². The molecule has 0 aromatic heterocycles. The summed E-state index contributed by atoms with van der Waals surface area (Å²) < 4.78 is 0. The highest BCUT2D eigenvalue weighted by molar-refractivity contribution is 6.06. The predicted molar refractivity (Wildman–Crippen MR) is 58.1 cm³/mol. The Labute approximate surface area is 88.2 Å². The van der Waals surface area contributed by atoms with E-state index in [1.807, 2.05) is 32.0 Å². The van der Waals surface area contributed by atoms with E-state index in [0.29, 0.717) is 0 Å². The molecular weight excluding hydrogens is 190 g/mol. The summed E-state index contributed by atoms with van der Waals surface area (Å²) in [4.78, 5) is 11.1. The van der Waals surface area contributed by atoms with Crippen LogP contribution in [0.2, 0.25) is 0 Å². The van der Waals surface area contributed by atoms with Crippen molar-refractivity contribution in [2.45, 2.75) is 19.9 Å². The van der Waals surface area contributed by atoms with E-state index in [0.717, 1.165) is 16.7 Å². The van der Waals surface area contributed by atoms with E-state index in [1.165, 1.54) is 0 Å². The van der Waals surface area contributed by atoms with Crippen LogP contribution in [0, 0.1) is 19.3 Å². The maximum atomic E-state index is 11.1. The molecule has 0 bridgehead atoms. The number of carbonyl (C=O) groups is 1. The maximum Gasteiger partial charge on any atom is 0.321 e.